The minimum Gasteiger partial charge on any atom is -0.469 e. The highest BCUT2D eigenvalue weighted by Crippen LogP contribution is 2.29. The van der Waals surface area contributed by atoms with Crippen LogP contribution in [0.15, 0.2) is 24.4 Å². The van der Waals surface area contributed by atoms with E-state index in [1.54, 1.807) is 0 Å². The number of ether oxygens (including phenoxy) is 1. The van der Waals surface area contributed by atoms with Crippen LogP contribution in [0, 0.1) is 0 Å². The van der Waals surface area contributed by atoms with Gasteiger partial charge in [0, 0.05) is 23.6 Å². The number of hydrogen-bond acceptors (Lipinski definition) is 3. The first kappa shape index (κ1) is 16.6. The fraction of sp³-hybridized carbons (Fsp3) is 0.500. The molecule has 0 spiro atoms. The van der Waals surface area contributed by atoms with Crippen molar-refractivity contribution < 1.29 is 9.53 Å². The number of esters is 1. The number of carbonyl (C=O) groups is 1. The van der Waals surface area contributed by atoms with Crippen LogP contribution in [-0.2, 0) is 27.9 Å². The molecule has 1 heterocycles. The van der Waals surface area contributed by atoms with E-state index < -0.39 is 0 Å². The minimum atomic E-state index is -0.209. The van der Waals surface area contributed by atoms with Crippen LogP contribution < -0.4 is 5.73 Å². The van der Waals surface area contributed by atoms with Crippen LogP contribution in [0.4, 0.5) is 0 Å². The average molecular weight is 302 g/mol. The Labute approximate surface area is 132 Å². The van der Waals surface area contributed by atoms with Crippen molar-refractivity contribution in [1.82, 2.24) is 4.57 Å². The molecule has 120 valence electrons. The molecule has 2 N–H and O–H groups in total. The van der Waals surface area contributed by atoms with E-state index in [0.29, 0.717) is 13.0 Å². The Morgan fingerprint density at radius 3 is 2.64 bits per heavy atom. The smallest absolute Gasteiger partial charge is 0.310 e. The van der Waals surface area contributed by atoms with Gasteiger partial charge in [-0.3, -0.25) is 4.79 Å². The molecule has 0 amide bonds. The first-order valence-corrected chi connectivity index (χ1v) is 7.76. The Morgan fingerprint density at radius 1 is 1.32 bits per heavy atom. The van der Waals surface area contributed by atoms with Gasteiger partial charge in [0.15, 0.2) is 0 Å². The largest absolute Gasteiger partial charge is 0.469 e. The van der Waals surface area contributed by atoms with E-state index in [1.807, 2.05) is 0 Å². The number of rotatable bonds is 5. The highest BCUT2D eigenvalue weighted by atomic mass is 16.5. The normalized spacial score (nSPS) is 11.9. The first-order chi connectivity index (χ1) is 10.4. The number of nitrogens with two attached hydrogens (primary N) is 1. The van der Waals surface area contributed by atoms with Crippen molar-refractivity contribution >= 4 is 16.9 Å². The lowest BCUT2D eigenvalue weighted by Gasteiger charge is -2.19. The number of benzene rings is 1. The average Bonchev–Trinajstić information content (AvgIpc) is 2.81. The van der Waals surface area contributed by atoms with Gasteiger partial charge in [-0.1, -0.05) is 26.8 Å². The van der Waals surface area contributed by atoms with E-state index in [-0.39, 0.29) is 11.4 Å². The number of methoxy groups -OCH3 is 1. The van der Waals surface area contributed by atoms with Crippen LogP contribution in [0.5, 0.6) is 0 Å². The van der Waals surface area contributed by atoms with Crippen molar-refractivity contribution in [2.75, 3.05) is 13.7 Å². The van der Waals surface area contributed by atoms with Gasteiger partial charge in [0.25, 0.3) is 0 Å². The Bertz CT molecular complexity index is 666. The van der Waals surface area contributed by atoms with E-state index in [0.717, 1.165) is 29.4 Å². The summed E-state index contributed by atoms with van der Waals surface area (Å²) in [7, 11) is 1.43. The quantitative estimate of drug-likeness (QED) is 0.864. The zero-order chi connectivity index (χ0) is 16.3. The lowest BCUT2D eigenvalue weighted by molar-refractivity contribution is -0.139. The summed E-state index contributed by atoms with van der Waals surface area (Å²) in [5.74, 6) is -0.209. The number of fused-ring (bicyclic) bond motifs is 1. The summed E-state index contributed by atoms with van der Waals surface area (Å²) in [6, 6.07) is 6.52. The fourth-order valence-electron chi connectivity index (χ4n) is 2.65. The molecule has 22 heavy (non-hydrogen) atoms. The predicted octanol–water partition coefficient (Wildman–Crippen LogP) is 3.00. The highest BCUT2D eigenvalue weighted by molar-refractivity contribution is 5.88. The predicted molar refractivity (Wildman–Crippen MR) is 90.0 cm³/mol. The summed E-state index contributed by atoms with van der Waals surface area (Å²) in [5, 5.41) is 1.13. The molecule has 0 aliphatic rings. The van der Waals surface area contributed by atoms with Crippen molar-refractivity contribution in [3.05, 3.63) is 35.5 Å². The number of hydrogen-bond donors (Lipinski definition) is 1. The van der Waals surface area contributed by atoms with Crippen LogP contribution in [-0.4, -0.2) is 24.2 Å². The SMILES string of the molecule is COC(=O)Cc1cn(CCCN)c2ccc(C(C)(C)C)cc12. The van der Waals surface area contributed by atoms with Gasteiger partial charge in [-0.15, -0.1) is 0 Å². The Balaban J connectivity index is 2.52. The number of nitrogens with zero attached hydrogens (tertiary/aromatic N) is 1. The van der Waals surface area contributed by atoms with Crippen LogP contribution in [0.2, 0.25) is 0 Å². The molecular weight excluding hydrogens is 276 g/mol. The molecule has 0 aliphatic heterocycles. The lowest BCUT2D eigenvalue weighted by atomic mass is 9.86. The minimum absolute atomic E-state index is 0.0794. The summed E-state index contributed by atoms with van der Waals surface area (Å²) >= 11 is 0. The van der Waals surface area contributed by atoms with Gasteiger partial charge in [0.1, 0.15) is 0 Å². The van der Waals surface area contributed by atoms with Crippen molar-refractivity contribution in [2.24, 2.45) is 5.73 Å². The van der Waals surface area contributed by atoms with Gasteiger partial charge in [-0.25, -0.2) is 0 Å². The second-order valence-electron chi connectivity index (χ2n) is 6.72. The van der Waals surface area contributed by atoms with E-state index in [9.17, 15) is 4.79 Å². The Kier molecular flexibility index (Phi) is 4.91. The first-order valence-electron chi connectivity index (χ1n) is 7.76. The van der Waals surface area contributed by atoms with Crippen molar-refractivity contribution in [3.8, 4) is 0 Å². The molecule has 2 rings (SSSR count). The molecule has 0 fully saturated rings. The third kappa shape index (κ3) is 3.50. The topological polar surface area (TPSA) is 57.2 Å². The molecule has 0 atom stereocenters. The molecule has 0 bridgehead atoms. The standard InChI is InChI=1S/C18H26N2O2/c1-18(2,3)14-6-7-16-15(11-14)13(10-17(21)22-4)12-20(16)9-5-8-19/h6-7,11-12H,5,8-10,19H2,1-4H3. The molecule has 0 unspecified atom stereocenters. The second kappa shape index (κ2) is 6.53. The van der Waals surface area contributed by atoms with E-state index in [2.05, 4.69) is 49.7 Å². The molecule has 2 aromatic rings. The highest BCUT2D eigenvalue weighted by Gasteiger charge is 2.17. The number of aryl methyl sites for hydroxylation is 1. The molecular formula is C18H26N2O2. The third-order valence-corrected chi connectivity index (χ3v) is 4.00. The van der Waals surface area contributed by atoms with Crippen molar-refractivity contribution in [2.45, 2.75) is 45.6 Å². The maximum atomic E-state index is 11.7. The van der Waals surface area contributed by atoms with Crippen LogP contribution in [0.1, 0.15) is 38.3 Å². The maximum Gasteiger partial charge on any atom is 0.310 e. The Morgan fingerprint density at radius 2 is 2.05 bits per heavy atom. The molecule has 0 aliphatic carbocycles. The van der Waals surface area contributed by atoms with Crippen LogP contribution in [0.3, 0.4) is 0 Å². The molecule has 4 heteroatoms. The summed E-state index contributed by atoms with van der Waals surface area (Å²) in [4.78, 5) is 11.7. The van der Waals surface area contributed by atoms with Gasteiger partial charge < -0.3 is 15.0 Å². The zero-order valence-corrected chi connectivity index (χ0v) is 14.0. The number of aromatic nitrogens is 1. The molecule has 0 radical (unpaired) electrons. The van der Waals surface area contributed by atoms with Gasteiger partial charge in [0.05, 0.1) is 13.5 Å². The molecule has 4 nitrogen and oxygen atoms in total. The summed E-state index contributed by atoms with van der Waals surface area (Å²) < 4.78 is 7.01. The summed E-state index contributed by atoms with van der Waals surface area (Å²) in [6.07, 6.45) is 3.28. The molecule has 1 aromatic carbocycles. The van der Waals surface area contributed by atoms with Crippen LogP contribution >= 0.6 is 0 Å². The summed E-state index contributed by atoms with van der Waals surface area (Å²) in [5.41, 5.74) is 9.14. The molecule has 0 saturated heterocycles. The lowest BCUT2D eigenvalue weighted by Crippen LogP contribution is -2.11. The van der Waals surface area contributed by atoms with E-state index in [4.69, 9.17) is 10.5 Å². The van der Waals surface area contributed by atoms with E-state index >= 15 is 0 Å². The Hall–Kier alpha value is -1.81. The monoisotopic (exact) mass is 302 g/mol. The summed E-state index contributed by atoms with van der Waals surface area (Å²) in [6.45, 7) is 8.10. The second-order valence-corrected chi connectivity index (χ2v) is 6.72. The maximum absolute atomic E-state index is 11.7. The third-order valence-electron chi connectivity index (χ3n) is 4.00. The molecule has 0 saturated carbocycles. The van der Waals surface area contributed by atoms with Gasteiger partial charge in [-0.2, -0.15) is 0 Å². The van der Waals surface area contributed by atoms with Crippen molar-refractivity contribution in [1.29, 1.82) is 0 Å². The van der Waals surface area contributed by atoms with Crippen LogP contribution in [0.25, 0.3) is 10.9 Å². The number of carbonyl (C=O) groups excluding carboxylic acids is 1. The van der Waals surface area contributed by atoms with Gasteiger partial charge >= 0.3 is 5.97 Å². The fourth-order valence-corrected chi connectivity index (χ4v) is 2.65. The zero-order valence-electron chi connectivity index (χ0n) is 14.0. The van der Waals surface area contributed by atoms with Crippen molar-refractivity contribution in [3.63, 3.8) is 0 Å². The van der Waals surface area contributed by atoms with Gasteiger partial charge in [0.2, 0.25) is 0 Å². The van der Waals surface area contributed by atoms with E-state index in [1.165, 1.54) is 12.7 Å². The molecule has 1 aromatic heterocycles. The van der Waals surface area contributed by atoms with Gasteiger partial charge in [-0.05, 0) is 41.6 Å².